The quantitative estimate of drug-likeness (QED) is 0.802. The SMILES string of the molecule is CN1C[C@@H](C2CC23CC(C(N)=O)CCN3)CCC1(C)C. The first-order valence-corrected chi connectivity index (χ1v) is 8.10. The van der Waals surface area contributed by atoms with E-state index in [-0.39, 0.29) is 17.4 Å². The number of hydrogen-bond donors (Lipinski definition) is 2. The third kappa shape index (κ3) is 2.37. The monoisotopic (exact) mass is 279 g/mol. The minimum absolute atomic E-state index is 0.0963. The maximum Gasteiger partial charge on any atom is 0.220 e. The van der Waals surface area contributed by atoms with Crippen LogP contribution in [0.25, 0.3) is 0 Å². The first kappa shape index (κ1) is 14.3. The van der Waals surface area contributed by atoms with Crippen molar-refractivity contribution in [2.24, 2.45) is 23.5 Å². The molecule has 0 aromatic rings. The van der Waals surface area contributed by atoms with E-state index in [9.17, 15) is 4.79 Å². The van der Waals surface area contributed by atoms with Crippen LogP contribution >= 0.6 is 0 Å². The molecule has 2 saturated heterocycles. The maximum atomic E-state index is 11.5. The summed E-state index contributed by atoms with van der Waals surface area (Å²) in [4.78, 5) is 14.0. The van der Waals surface area contributed by atoms with Crippen molar-refractivity contribution < 1.29 is 4.79 Å². The Kier molecular flexibility index (Phi) is 3.37. The topological polar surface area (TPSA) is 58.4 Å². The molecule has 1 saturated carbocycles. The Hall–Kier alpha value is -0.610. The highest BCUT2D eigenvalue weighted by atomic mass is 16.1. The van der Waals surface area contributed by atoms with Gasteiger partial charge >= 0.3 is 0 Å². The van der Waals surface area contributed by atoms with Crippen LogP contribution in [0.2, 0.25) is 0 Å². The van der Waals surface area contributed by atoms with Crippen molar-refractivity contribution in [3.63, 3.8) is 0 Å². The fourth-order valence-electron chi connectivity index (χ4n) is 4.49. The largest absolute Gasteiger partial charge is 0.369 e. The number of nitrogens with two attached hydrogens (primary N) is 1. The van der Waals surface area contributed by atoms with Gasteiger partial charge in [0.05, 0.1) is 0 Å². The van der Waals surface area contributed by atoms with E-state index in [1.165, 1.54) is 25.8 Å². The number of nitrogens with one attached hydrogen (secondary N) is 1. The molecule has 1 spiro atoms. The van der Waals surface area contributed by atoms with Crippen LogP contribution in [0.1, 0.15) is 46.0 Å². The van der Waals surface area contributed by atoms with Gasteiger partial charge in [0, 0.05) is 23.5 Å². The van der Waals surface area contributed by atoms with Crippen molar-refractivity contribution in [3.05, 3.63) is 0 Å². The van der Waals surface area contributed by atoms with Crippen LogP contribution in [0.3, 0.4) is 0 Å². The van der Waals surface area contributed by atoms with Gasteiger partial charge < -0.3 is 16.0 Å². The number of primary amides is 1. The zero-order valence-electron chi connectivity index (χ0n) is 13.1. The molecule has 4 atom stereocenters. The van der Waals surface area contributed by atoms with Gasteiger partial charge in [-0.1, -0.05) is 0 Å². The van der Waals surface area contributed by atoms with E-state index < -0.39 is 0 Å². The van der Waals surface area contributed by atoms with E-state index in [1.807, 2.05) is 0 Å². The number of likely N-dealkylation sites (tertiary alicyclic amines) is 1. The summed E-state index contributed by atoms with van der Waals surface area (Å²) in [6.07, 6.45) is 5.74. The number of hydrogen-bond acceptors (Lipinski definition) is 3. The Balaban J connectivity index is 1.63. The third-order valence-corrected chi connectivity index (χ3v) is 6.35. The number of rotatable bonds is 2. The second kappa shape index (κ2) is 4.70. The summed E-state index contributed by atoms with van der Waals surface area (Å²) in [6, 6.07) is 0. The third-order valence-electron chi connectivity index (χ3n) is 6.35. The van der Waals surface area contributed by atoms with Crippen molar-refractivity contribution in [1.82, 2.24) is 10.2 Å². The molecule has 0 aromatic heterocycles. The lowest BCUT2D eigenvalue weighted by molar-refractivity contribution is -0.123. The summed E-state index contributed by atoms with van der Waals surface area (Å²) < 4.78 is 0. The Labute approximate surface area is 122 Å². The molecule has 2 heterocycles. The van der Waals surface area contributed by atoms with Crippen molar-refractivity contribution in [3.8, 4) is 0 Å². The van der Waals surface area contributed by atoms with Crippen molar-refractivity contribution >= 4 is 5.91 Å². The molecule has 3 rings (SSSR count). The predicted octanol–water partition coefficient (Wildman–Crippen LogP) is 1.35. The standard InChI is InChI=1S/C16H29N3O/c1-15(2)6-4-12(10-19(15)3)13-9-16(13)8-11(14(17)20)5-7-18-16/h11-13,18H,4-10H2,1-3H3,(H2,17,20)/t11?,12-,13?,16?/m0/s1. The number of carbonyl (C=O) groups excluding carboxylic acids is 1. The predicted molar refractivity (Wildman–Crippen MR) is 80.2 cm³/mol. The van der Waals surface area contributed by atoms with Gasteiger partial charge in [-0.3, -0.25) is 4.79 Å². The molecule has 1 aliphatic carbocycles. The lowest BCUT2D eigenvalue weighted by Gasteiger charge is -2.44. The van der Waals surface area contributed by atoms with Gasteiger partial charge in [-0.25, -0.2) is 0 Å². The maximum absolute atomic E-state index is 11.5. The first-order chi connectivity index (χ1) is 9.34. The molecule has 20 heavy (non-hydrogen) atoms. The van der Waals surface area contributed by atoms with E-state index in [1.54, 1.807) is 0 Å². The highest BCUT2D eigenvalue weighted by molar-refractivity contribution is 5.77. The van der Waals surface area contributed by atoms with Gasteiger partial charge in [0.25, 0.3) is 0 Å². The second-order valence-electron chi connectivity index (χ2n) is 7.98. The number of carbonyl (C=O) groups is 1. The summed E-state index contributed by atoms with van der Waals surface area (Å²) >= 11 is 0. The van der Waals surface area contributed by atoms with Gasteiger partial charge in [0.1, 0.15) is 0 Å². The van der Waals surface area contributed by atoms with E-state index in [0.29, 0.717) is 5.54 Å². The minimum Gasteiger partial charge on any atom is -0.369 e. The molecule has 3 fully saturated rings. The average Bonchev–Trinajstić information content (AvgIpc) is 3.06. The van der Waals surface area contributed by atoms with Gasteiger partial charge in [0.2, 0.25) is 5.91 Å². The molecule has 4 heteroatoms. The van der Waals surface area contributed by atoms with Crippen LogP contribution < -0.4 is 11.1 Å². The summed E-state index contributed by atoms with van der Waals surface area (Å²) in [7, 11) is 2.25. The van der Waals surface area contributed by atoms with Crippen LogP contribution in [0.15, 0.2) is 0 Å². The molecule has 2 aliphatic heterocycles. The van der Waals surface area contributed by atoms with Crippen molar-refractivity contribution in [1.29, 1.82) is 0 Å². The van der Waals surface area contributed by atoms with Gasteiger partial charge in [0.15, 0.2) is 0 Å². The van der Waals surface area contributed by atoms with Crippen LogP contribution in [-0.4, -0.2) is 42.0 Å². The van der Waals surface area contributed by atoms with Crippen LogP contribution in [0.5, 0.6) is 0 Å². The summed E-state index contributed by atoms with van der Waals surface area (Å²) in [5.74, 6) is 1.53. The number of nitrogens with zero attached hydrogens (tertiary/aromatic N) is 1. The molecule has 3 unspecified atom stereocenters. The zero-order valence-corrected chi connectivity index (χ0v) is 13.1. The van der Waals surface area contributed by atoms with Gasteiger partial charge in [-0.15, -0.1) is 0 Å². The van der Waals surface area contributed by atoms with Gasteiger partial charge in [-0.2, -0.15) is 0 Å². The Morgan fingerprint density at radius 1 is 1.30 bits per heavy atom. The van der Waals surface area contributed by atoms with E-state index in [4.69, 9.17) is 5.73 Å². The number of amides is 1. The highest BCUT2D eigenvalue weighted by Gasteiger charge is 2.59. The molecule has 0 radical (unpaired) electrons. The summed E-state index contributed by atoms with van der Waals surface area (Å²) in [5, 5.41) is 3.71. The van der Waals surface area contributed by atoms with E-state index in [0.717, 1.165) is 31.2 Å². The molecule has 114 valence electrons. The lowest BCUT2D eigenvalue weighted by Crippen LogP contribution is -2.51. The van der Waals surface area contributed by atoms with Crippen molar-refractivity contribution in [2.45, 2.75) is 57.0 Å². The zero-order chi connectivity index (χ0) is 14.5. The fourth-order valence-corrected chi connectivity index (χ4v) is 4.49. The second-order valence-corrected chi connectivity index (χ2v) is 7.98. The van der Waals surface area contributed by atoms with Crippen LogP contribution in [0.4, 0.5) is 0 Å². The molecule has 3 aliphatic rings. The molecular formula is C16H29N3O. The summed E-state index contributed by atoms with van der Waals surface area (Å²) in [5.41, 5.74) is 6.11. The normalized spacial score (nSPS) is 44.5. The lowest BCUT2D eigenvalue weighted by atomic mass is 9.80. The van der Waals surface area contributed by atoms with Gasteiger partial charge in [-0.05, 0) is 71.4 Å². The van der Waals surface area contributed by atoms with Crippen molar-refractivity contribution in [2.75, 3.05) is 20.1 Å². The molecule has 0 bridgehead atoms. The fraction of sp³-hybridized carbons (Fsp3) is 0.938. The Morgan fingerprint density at radius 2 is 2.05 bits per heavy atom. The minimum atomic E-state index is -0.0987. The van der Waals surface area contributed by atoms with E-state index in [2.05, 4.69) is 31.1 Å². The van der Waals surface area contributed by atoms with Crippen LogP contribution in [0, 0.1) is 17.8 Å². The molecule has 4 nitrogen and oxygen atoms in total. The molecular weight excluding hydrogens is 250 g/mol. The van der Waals surface area contributed by atoms with E-state index >= 15 is 0 Å². The summed E-state index contributed by atoms with van der Waals surface area (Å²) in [6.45, 7) is 6.84. The molecule has 3 N–H and O–H groups in total. The molecule has 0 aromatic carbocycles. The average molecular weight is 279 g/mol. The number of piperidine rings is 2. The van der Waals surface area contributed by atoms with Crippen LogP contribution in [-0.2, 0) is 4.79 Å². The smallest absolute Gasteiger partial charge is 0.220 e. The Morgan fingerprint density at radius 3 is 2.70 bits per heavy atom. The highest BCUT2D eigenvalue weighted by Crippen LogP contribution is 2.56. The first-order valence-electron chi connectivity index (χ1n) is 8.10. The molecule has 1 amide bonds. The Bertz CT molecular complexity index is 409.